The van der Waals surface area contributed by atoms with Gasteiger partial charge in [0, 0.05) is 43.9 Å². The average Bonchev–Trinajstić information content (AvgIpc) is 2.64. The lowest BCUT2D eigenvalue weighted by atomic mass is 10.1. The van der Waals surface area contributed by atoms with Crippen molar-refractivity contribution in [3.8, 4) is 0 Å². The zero-order valence-electron chi connectivity index (χ0n) is 15.2. The Kier molecular flexibility index (Phi) is 5.36. The number of nitrogens with zero attached hydrogens (tertiary/aromatic N) is 3. The van der Waals surface area contributed by atoms with Gasteiger partial charge in [-0.1, -0.05) is 0 Å². The van der Waals surface area contributed by atoms with Crippen LogP contribution >= 0.6 is 0 Å². The molecule has 1 aliphatic rings. The number of carbonyl (C=O) groups is 1. The number of rotatable bonds is 4. The van der Waals surface area contributed by atoms with Gasteiger partial charge in [-0.25, -0.2) is 4.39 Å². The van der Waals surface area contributed by atoms with Crippen LogP contribution in [0.3, 0.4) is 0 Å². The molecular weight excluding hydrogens is 351 g/mol. The highest BCUT2D eigenvalue weighted by molar-refractivity contribution is 6.06. The van der Waals surface area contributed by atoms with Crippen molar-refractivity contribution in [2.75, 3.05) is 43.4 Å². The summed E-state index contributed by atoms with van der Waals surface area (Å²) in [5, 5.41) is 13.9. The number of non-ortho nitro benzene ring substituents is 1. The van der Waals surface area contributed by atoms with Crippen molar-refractivity contribution in [2.24, 2.45) is 0 Å². The molecule has 142 valence electrons. The number of piperazine rings is 1. The number of anilines is 2. The van der Waals surface area contributed by atoms with E-state index in [-0.39, 0.29) is 11.5 Å². The molecule has 0 bridgehead atoms. The van der Waals surface area contributed by atoms with E-state index in [1.807, 2.05) is 7.05 Å². The summed E-state index contributed by atoms with van der Waals surface area (Å²) in [6.07, 6.45) is 0. The quantitative estimate of drug-likeness (QED) is 0.659. The number of carbonyl (C=O) groups excluding carboxylic acids is 1. The number of nitro benzene ring substituents is 1. The summed E-state index contributed by atoms with van der Waals surface area (Å²) in [6.45, 7) is 4.82. The van der Waals surface area contributed by atoms with Crippen LogP contribution in [0.15, 0.2) is 36.4 Å². The van der Waals surface area contributed by atoms with Crippen molar-refractivity contribution >= 4 is 23.0 Å². The van der Waals surface area contributed by atoms with Gasteiger partial charge in [0.25, 0.3) is 11.6 Å². The summed E-state index contributed by atoms with van der Waals surface area (Å²) in [6, 6.07) is 8.55. The zero-order chi connectivity index (χ0) is 19.6. The molecule has 7 nitrogen and oxygen atoms in total. The van der Waals surface area contributed by atoms with Crippen molar-refractivity contribution < 1.29 is 14.1 Å². The SMILES string of the molecule is Cc1cc(C(=O)Nc2cc([N+](=O)[O-])ccc2N2CCN(C)CC2)ccc1F. The zero-order valence-corrected chi connectivity index (χ0v) is 15.2. The number of likely N-dealkylation sites (N-methyl/N-ethyl adjacent to an activating group) is 1. The highest BCUT2D eigenvalue weighted by Gasteiger charge is 2.21. The fourth-order valence-electron chi connectivity index (χ4n) is 3.04. The Labute approximate surface area is 156 Å². The molecular formula is C19H21FN4O3. The van der Waals surface area contributed by atoms with Crippen LogP contribution in [0, 0.1) is 22.9 Å². The molecule has 2 aromatic carbocycles. The Hall–Kier alpha value is -3.00. The maximum Gasteiger partial charge on any atom is 0.271 e. The van der Waals surface area contributed by atoms with E-state index in [4.69, 9.17) is 0 Å². The molecule has 3 rings (SSSR count). The van der Waals surface area contributed by atoms with Crippen LogP contribution in [0.2, 0.25) is 0 Å². The lowest BCUT2D eigenvalue weighted by molar-refractivity contribution is -0.384. The molecule has 27 heavy (non-hydrogen) atoms. The minimum absolute atomic E-state index is 0.0986. The van der Waals surface area contributed by atoms with E-state index in [0.717, 1.165) is 31.9 Å². The molecule has 2 aromatic rings. The van der Waals surface area contributed by atoms with Crippen molar-refractivity contribution in [1.29, 1.82) is 0 Å². The van der Waals surface area contributed by atoms with E-state index in [2.05, 4.69) is 15.1 Å². The molecule has 1 amide bonds. The van der Waals surface area contributed by atoms with Crippen molar-refractivity contribution in [2.45, 2.75) is 6.92 Å². The van der Waals surface area contributed by atoms with Gasteiger partial charge in [-0.2, -0.15) is 0 Å². The number of hydrogen-bond acceptors (Lipinski definition) is 5. The number of halogens is 1. The Morgan fingerprint density at radius 1 is 1.15 bits per heavy atom. The fourth-order valence-corrected chi connectivity index (χ4v) is 3.04. The predicted molar refractivity (Wildman–Crippen MR) is 102 cm³/mol. The normalized spacial score (nSPS) is 14.9. The van der Waals surface area contributed by atoms with E-state index in [9.17, 15) is 19.3 Å². The maximum atomic E-state index is 13.5. The number of hydrogen-bond donors (Lipinski definition) is 1. The second kappa shape index (κ2) is 7.71. The molecule has 0 atom stereocenters. The van der Waals surface area contributed by atoms with E-state index in [1.165, 1.54) is 30.3 Å². The van der Waals surface area contributed by atoms with Crippen LogP contribution in [-0.4, -0.2) is 49.0 Å². The van der Waals surface area contributed by atoms with Crippen molar-refractivity contribution in [3.63, 3.8) is 0 Å². The van der Waals surface area contributed by atoms with Crippen molar-refractivity contribution in [3.05, 3.63) is 63.5 Å². The summed E-state index contributed by atoms with van der Waals surface area (Å²) >= 11 is 0. The Bertz CT molecular complexity index is 879. The van der Waals surface area contributed by atoms with Gasteiger partial charge in [0.2, 0.25) is 0 Å². The smallest absolute Gasteiger partial charge is 0.271 e. The molecule has 0 aromatic heterocycles. The predicted octanol–water partition coefficient (Wildman–Crippen LogP) is 3.05. The van der Waals surface area contributed by atoms with E-state index < -0.39 is 10.8 Å². The van der Waals surface area contributed by atoms with Crippen LogP contribution in [0.4, 0.5) is 21.5 Å². The number of amides is 1. The second-order valence-corrected chi connectivity index (χ2v) is 6.67. The van der Waals surface area contributed by atoms with E-state index >= 15 is 0 Å². The largest absolute Gasteiger partial charge is 0.367 e. The van der Waals surface area contributed by atoms with Crippen LogP contribution in [0.1, 0.15) is 15.9 Å². The van der Waals surface area contributed by atoms with Gasteiger partial charge < -0.3 is 15.1 Å². The molecule has 0 unspecified atom stereocenters. The summed E-state index contributed by atoms with van der Waals surface area (Å²) in [4.78, 5) is 27.6. The highest BCUT2D eigenvalue weighted by Crippen LogP contribution is 2.31. The highest BCUT2D eigenvalue weighted by atomic mass is 19.1. The van der Waals surface area contributed by atoms with Gasteiger partial charge in [-0.05, 0) is 43.8 Å². The molecule has 1 aliphatic heterocycles. The van der Waals surface area contributed by atoms with Crippen LogP contribution < -0.4 is 10.2 Å². The number of nitro groups is 1. The fraction of sp³-hybridized carbons (Fsp3) is 0.316. The molecule has 1 N–H and O–H groups in total. The third-order valence-corrected chi connectivity index (χ3v) is 4.70. The standard InChI is InChI=1S/C19H21FN4O3/c1-13-11-14(3-5-16(13)20)19(25)21-17-12-15(24(26)27)4-6-18(17)23-9-7-22(2)8-10-23/h3-6,11-12H,7-10H2,1-2H3,(H,21,25). The average molecular weight is 372 g/mol. The van der Waals surface area contributed by atoms with Gasteiger partial charge in [-0.15, -0.1) is 0 Å². The molecule has 0 aliphatic carbocycles. The molecule has 1 fully saturated rings. The van der Waals surface area contributed by atoms with E-state index in [1.54, 1.807) is 13.0 Å². The first-order chi connectivity index (χ1) is 12.8. The van der Waals surface area contributed by atoms with Gasteiger partial charge in [-0.3, -0.25) is 14.9 Å². The van der Waals surface area contributed by atoms with Crippen molar-refractivity contribution in [1.82, 2.24) is 4.90 Å². The Morgan fingerprint density at radius 3 is 2.48 bits per heavy atom. The summed E-state index contributed by atoms with van der Waals surface area (Å²) in [5.74, 6) is -0.825. The number of aryl methyl sites for hydroxylation is 1. The van der Waals surface area contributed by atoms with Gasteiger partial charge in [0.15, 0.2) is 0 Å². The first-order valence-electron chi connectivity index (χ1n) is 8.64. The van der Waals surface area contributed by atoms with Crippen LogP contribution in [0.25, 0.3) is 0 Å². The van der Waals surface area contributed by atoms with Gasteiger partial charge >= 0.3 is 0 Å². The minimum Gasteiger partial charge on any atom is -0.367 e. The molecule has 1 saturated heterocycles. The third-order valence-electron chi connectivity index (χ3n) is 4.70. The van der Waals surface area contributed by atoms with Gasteiger partial charge in [0.05, 0.1) is 16.3 Å². The minimum atomic E-state index is -0.495. The lowest BCUT2D eigenvalue weighted by Gasteiger charge is -2.35. The van der Waals surface area contributed by atoms with E-state index in [0.29, 0.717) is 16.8 Å². The molecule has 0 saturated carbocycles. The molecule has 0 spiro atoms. The number of benzene rings is 2. The molecule has 0 radical (unpaired) electrons. The number of nitrogens with one attached hydrogen (secondary N) is 1. The second-order valence-electron chi connectivity index (χ2n) is 6.67. The Balaban J connectivity index is 1.91. The monoisotopic (exact) mass is 372 g/mol. The molecule has 8 heteroatoms. The molecule has 1 heterocycles. The van der Waals surface area contributed by atoms with Crippen LogP contribution in [0.5, 0.6) is 0 Å². The summed E-state index contributed by atoms with van der Waals surface area (Å²) < 4.78 is 13.5. The topological polar surface area (TPSA) is 78.7 Å². The maximum absolute atomic E-state index is 13.5. The Morgan fingerprint density at radius 2 is 1.85 bits per heavy atom. The first kappa shape index (κ1) is 18.8. The summed E-state index contributed by atoms with van der Waals surface area (Å²) in [5.41, 5.74) is 1.67. The van der Waals surface area contributed by atoms with Gasteiger partial charge in [0.1, 0.15) is 5.82 Å². The third kappa shape index (κ3) is 4.22. The summed E-state index contributed by atoms with van der Waals surface area (Å²) in [7, 11) is 2.03. The lowest BCUT2D eigenvalue weighted by Crippen LogP contribution is -2.44. The van der Waals surface area contributed by atoms with Crippen LogP contribution in [-0.2, 0) is 0 Å². The first-order valence-corrected chi connectivity index (χ1v) is 8.64.